The van der Waals surface area contributed by atoms with E-state index in [1.807, 2.05) is 36.5 Å². The van der Waals surface area contributed by atoms with Crippen molar-refractivity contribution in [2.24, 2.45) is 22.7 Å². The molecule has 5 saturated carbocycles. The molecule has 3 nitrogen and oxygen atoms in total. The van der Waals surface area contributed by atoms with Crippen molar-refractivity contribution in [2.45, 2.75) is 82.0 Å². The van der Waals surface area contributed by atoms with Crippen molar-refractivity contribution in [3.05, 3.63) is 77.4 Å². The zero-order valence-corrected chi connectivity index (χ0v) is 28.7. The van der Waals surface area contributed by atoms with Crippen LogP contribution in [0.3, 0.4) is 0 Å². The fourth-order valence-corrected chi connectivity index (χ4v) is 9.12. The molecule has 0 heterocycles. The molecule has 5 aliphatic rings. The average molecular weight is 674 g/mol. The summed E-state index contributed by atoms with van der Waals surface area (Å²) in [5.41, 5.74) is 6.67. The van der Waals surface area contributed by atoms with Gasteiger partial charge < -0.3 is 9.84 Å². The van der Waals surface area contributed by atoms with Crippen LogP contribution in [0.15, 0.2) is 65.7 Å². The molecular weight excluding hydrogens is 633 g/mol. The minimum atomic E-state index is -1.92. The predicted molar refractivity (Wildman–Crippen MR) is 177 cm³/mol. The number of rotatable bonds is 6. The second-order valence-electron chi connectivity index (χ2n) is 13.2. The molecule has 4 bridgehead atoms. The molecule has 0 atom stereocenters. The third-order valence-electron chi connectivity index (χ3n) is 10.5. The number of hydrogen-bond donors (Lipinski definition) is 1. The van der Waals surface area contributed by atoms with Gasteiger partial charge in [-0.25, -0.2) is 0 Å². The Morgan fingerprint density at radius 3 is 2.05 bits per heavy atom. The molecule has 0 unspecified atom stereocenters. The number of aliphatic imine (C=N–C) groups is 1. The van der Waals surface area contributed by atoms with Gasteiger partial charge in [0.1, 0.15) is 11.5 Å². The zero-order valence-electron chi connectivity index (χ0n) is 24.9. The topological polar surface area (TPSA) is 41.8 Å². The molecule has 7 heteroatoms. The quantitative estimate of drug-likeness (QED) is 0.209. The zero-order chi connectivity index (χ0) is 30.0. The summed E-state index contributed by atoms with van der Waals surface area (Å²) in [5, 5.41) is 11.9. The van der Waals surface area contributed by atoms with Gasteiger partial charge >= 0.3 is 42.6 Å². The van der Waals surface area contributed by atoms with E-state index < -0.39 is 14.7 Å². The Hall–Kier alpha value is -1.49. The molecule has 0 aliphatic heterocycles. The van der Waals surface area contributed by atoms with E-state index in [1.165, 1.54) is 81.8 Å². The maximum absolute atomic E-state index is 11.9. The molecule has 43 heavy (non-hydrogen) atoms. The van der Waals surface area contributed by atoms with E-state index in [2.05, 4.69) is 30.3 Å². The molecule has 0 saturated heterocycles. The molecule has 3 aromatic carbocycles. The number of phenols is 1. The number of methoxy groups -OCH3 is 1. The Morgan fingerprint density at radius 1 is 0.837 bits per heavy atom. The van der Waals surface area contributed by atoms with Crippen LogP contribution in [-0.4, -0.2) is 18.4 Å². The fourth-order valence-electron chi connectivity index (χ4n) is 9.12. The Labute approximate surface area is 274 Å². The van der Waals surface area contributed by atoms with E-state index in [-0.39, 0.29) is 5.41 Å². The monoisotopic (exact) mass is 672 g/mol. The van der Waals surface area contributed by atoms with Crippen LogP contribution in [0.25, 0.3) is 11.1 Å². The maximum atomic E-state index is 11.9. The van der Waals surface area contributed by atoms with Crippen molar-refractivity contribution in [1.29, 1.82) is 0 Å². The standard InChI is InChI=1S/C36H41NO2.3ClH.Ti/c1-39-34-14-8-6-12-31(34)30-11-5-7-13-33(30)37-23-29-18-28(27-9-3-2-4-10-27)19-32(35(29)38)36-20-24-15-25(21-36)17-26(16-24)22-36;;;;/h5-8,11-14,18-19,23-27,38H,2-4,9-10,15-17,20-22H2,1H3;3*1H;/q;;;;+3/p-3. The summed E-state index contributed by atoms with van der Waals surface area (Å²) in [6, 6.07) is 21.0. The molecule has 0 radical (unpaired) electrons. The SMILES string of the molecule is COc1ccccc1-c1ccccc1N=Cc1cc(C2CCCCC2)cc(C23CC4CC(CC(C4)C2)C3)c1O.[Cl][Ti]([Cl])[Cl]. The Bertz CT molecular complexity index is 1410. The van der Waals surface area contributed by atoms with Gasteiger partial charge in [0.2, 0.25) is 0 Å². The number of ether oxygens (including phenoxy) is 1. The number of aromatic hydroxyl groups is 1. The summed E-state index contributed by atoms with van der Waals surface area (Å²) in [7, 11) is 16.6. The summed E-state index contributed by atoms with van der Waals surface area (Å²) in [6.45, 7) is 0. The first-order valence-electron chi connectivity index (χ1n) is 15.8. The summed E-state index contributed by atoms with van der Waals surface area (Å²) in [5.74, 6) is 4.46. The third-order valence-corrected chi connectivity index (χ3v) is 10.5. The molecule has 0 amide bonds. The van der Waals surface area contributed by atoms with Crippen LogP contribution in [0.2, 0.25) is 0 Å². The third kappa shape index (κ3) is 7.02. The number of para-hydroxylation sites is 2. The second kappa shape index (κ2) is 13.9. The van der Waals surface area contributed by atoms with Crippen molar-refractivity contribution < 1.29 is 24.5 Å². The van der Waals surface area contributed by atoms with Gasteiger partial charge in [-0.15, -0.1) is 0 Å². The van der Waals surface area contributed by atoms with Crippen LogP contribution in [0.1, 0.15) is 93.2 Å². The van der Waals surface area contributed by atoms with Crippen molar-refractivity contribution in [1.82, 2.24) is 0 Å². The van der Waals surface area contributed by atoms with E-state index in [9.17, 15) is 5.11 Å². The first kappa shape index (κ1) is 31.5. The van der Waals surface area contributed by atoms with Crippen molar-refractivity contribution >= 4 is 39.8 Å². The van der Waals surface area contributed by atoms with Crippen LogP contribution in [0, 0.1) is 17.8 Å². The van der Waals surface area contributed by atoms with Gasteiger partial charge in [0.05, 0.1) is 12.8 Å². The molecule has 0 spiro atoms. The molecule has 5 fully saturated rings. The van der Waals surface area contributed by atoms with E-state index in [0.717, 1.165) is 45.9 Å². The number of halogens is 3. The van der Waals surface area contributed by atoms with Gasteiger partial charge in [-0.05, 0) is 104 Å². The van der Waals surface area contributed by atoms with E-state index in [0.29, 0.717) is 11.7 Å². The second-order valence-corrected chi connectivity index (χ2v) is 21.0. The Kier molecular flexibility index (Phi) is 10.2. The van der Waals surface area contributed by atoms with Gasteiger partial charge in [0.15, 0.2) is 0 Å². The molecule has 1 N–H and O–H groups in total. The summed E-state index contributed by atoms with van der Waals surface area (Å²) >= 11 is -1.92. The van der Waals surface area contributed by atoms with Gasteiger partial charge in [0.25, 0.3) is 0 Å². The Balaban J connectivity index is 0.000000777. The van der Waals surface area contributed by atoms with Crippen molar-refractivity contribution in [3.8, 4) is 22.6 Å². The van der Waals surface area contributed by atoms with E-state index in [1.54, 1.807) is 7.11 Å². The normalized spacial score (nSPS) is 26.3. The minimum absolute atomic E-state index is 0.154. The van der Waals surface area contributed by atoms with Crippen molar-refractivity contribution in [2.75, 3.05) is 7.11 Å². The van der Waals surface area contributed by atoms with Gasteiger partial charge in [0, 0.05) is 28.5 Å². The van der Waals surface area contributed by atoms with Crippen LogP contribution in [-0.2, 0) is 20.1 Å². The summed E-state index contributed by atoms with van der Waals surface area (Å²) in [6.07, 6.45) is 16.4. The summed E-state index contributed by atoms with van der Waals surface area (Å²) < 4.78 is 5.66. The first-order chi connectivity index (χ1) is 20.8. The van der Waals surface area contributed by atoms with E-state index >= 15 is 0 Å². The summed E-state index contributed by atoms with van der Waals surface area (Å²) in [4.78, 5) is 5.02. The fraction of sp³-hybridized carbons (Fsp3) is 0.472. The van der Waals surface area contributed by atoms with Gasteiger partial charge in [-0.3, -0.25) is 4.99 Å². The molecule has 0 aromatic heterocycles. The van der Waals surface area contributed by atoms with Crippen LogP contribution < -0.4 is 4.74 Å². The molecule has 5 aliphatic carbocycles. The van der Waals surface area contributed by atoms with Gasteiger partial charge in [-0.1, -0.05) is 61.7 Å². The predicted octanol–water partition coefficient (Wildman–Crippen LogP) is 11.4. The first-order valence-corrected chi connectivity index (χ1v) is 22.3. The number of benzene rings is 3. The molecular formula is C36H41Cl3NO2Ti. The van der Waals surface area contributed by atoms with Crippen LogP contribution in [0.4, 0.5) is 5.69 Å². The van der Waals surface area contributed by atoms with Crippen LogP contribution >= 0.6 is 27.9 Å². The molecule has 3 aromatic rings. The number of nitrogens with zero attached hydrogens (tertiary/aromatic N) is 1. The molecule has 8 rings (SSSR count). The van der Waals surface area contributed by atoms with E-state index in [4.69, 9.17) is 37.6 Å². The van der Waals surface area contributed by atoms with Crippen LogP contribution in [0.5, 0.6) is 11.5 Å². The molecule has 227 valence electrons. The average Bonchev–Trinajstić information content (AvgIpc) is 3.00. The number of phenolic OH excluding ortho intramolecular Hbond substituents is 1. The number of hydrogen-bond acceptors (Lipinski definition) is 3. The van der Waals surface area contributed by atoms with Gasteiger partial charge in [-0.2, -0.15) is 0 Å². The Morgan fingerprint density at radius 2 is 1.42 bits per heavy atom. The van der Waals surface area contributed by atoms with Crippen molar-refractivity contribution in [3.63, 3.8) is 0 Å².